The summed E-state index contributed by atoms with van der Waals surface area (Å²) in [6.07, 6.45) is 4.24. The smallest absolute Gasteiger partial charge is 0.228 e. The third kappa shape index (κ3) is 2.52. The quantitative estimate of drug-likeness (QED) is 0.902. The van der Waals surface area contributed by atoms with Crippen molar-refractivity contribution >= 4 is 11.6 Å². The Balaban J connectivity index is 1.77. The lowest BCUT2D eigenvalue weighted by Crippen LogP contribution is -2.37. The summed E-state index contributed by atoms with van der Waals surface area (Å²) in [5.41, 5.74) is 3.98. The lowest BCUT2D eigenvalue weighted by molar-refractivity contribution is -0.117. The first-order chi connectivity index (χ1) is 9.13. The number of nitrogens with zero attached hydrogens (tertiary/aromatic N) is 1. The molecule has 1 amide bonds. The van der Waals surface area contributed by atoms with Gasteiger partial charge in [0.15, 0.2) is 0 Å². The van der Waals surface area contributed by atoms with Crippen molar-refractivity contribution in [3.8, 4) is 0 Å². The van der Waals surface area contributed by atoms with Gasteiger partial charge >= 0.3 is 0 Å². The Kier molecular flexibility index (Phi) is 3.31. The molecule has 1 aromatic carbocycles. The van der Waals surface area contributed by atoms with Crippen molar-refractivity contribution in [2.24, 2.45) is 0 Å². The minimum atomic E-state index is 0.246. The molecule has 102 valence electrons. The van der Waals surface area contributed by atoms with Gasteiger partial charge in [0.2, 0.25) is 5.91 Å². The average molecular weight is 258 g/mol. The largest absolute Gasteiger partial charge is 0.311 e. The fourth-order valence-corrected chi connectivity index (χ4v) is 3.27. The summed E-state index contributed by atoms with van der Waals surface area (Å²) in [6, 6.07) is 7.25. The SMILES string of the molecule is CC(C)NC1CC(=O)N(c2ccc3c(c2)CCC3)C1. The molecule has 1 N–H and O–H groups in total. The number of hydrogen-bond donors (Lipinski definition) is 1. The molecule has 0 saturated carbocycles. The van der Waals surface area contributed by atoms with E-state index in [9.17, 15) is 4.79 Å². The molecular formula is C16H22N2O. The summed E-state index contributed by atoms with van der Waals surface area (Å²) in [6.45, 7) is 5.06. The molecule has 3 heteroatoms. The Morgan fingerprint density at radius 3 is 2.84 bits per heavy atom. The molecule has 1 heterocycles. The highest BCUT2D eigenvalue weighted by molar-refractivity contribution is 5.96. The van der Waals surface area contributed by atoms with Crippen LogP contribution in [0.4, 0.5) is 5.69 Å². The second-order valence-electron chi connectivity index (χ2n) is 6.03. The third-order valence-corrected chi connectivity index (χ3v) is 4.09. The highest BCUT2D eigenvalue weighted by Crippen LogP contribution is 2.29. The molecule has 1 atom stereocenters. The molecule has 1 aliphatic heterocycles. The van der Waals surface area contributed by atoms with E-state index in [1.165, 1.54) is 30.4 Å². The minimum Gasteiger partial charge on any atom is -0.311 e. The first kappa shape index (κ1) is 12.7. The van der Waals surface area contributed by atoms with Crippen molar-refractivity contribution in [1.82, 2.24) is 5.32 Å². The van der Waals surface area contributed by atoms with Crippen LogP contribution in [0.2, 0.25) is 0 Å². The molecule has 19 heavy (non-hydrogen) atoms. The van der Waals surface area contributed by atoms with Gasteiger partial charge in [-0.15, -0.1) is 0 Å². The normalized spacial score (nSPS) is 22.4. The van der Waals surface area contributed by atoms with E-state index in [4.69, 9.17) is 0 Å². The number of fused-ring (bicyclic) bond motifs is 1. The van der Waals surface area contributed by atoms with E-state index in [0.717, 1.165) is 12.2 Å². The van der Waals surface area contributed by atoms with Crippen molar-refractivity contribution in [2.45, 2.75) is 51.6 Å². The Morgan fingerprint density at radius 1 is 1.26 bits per heavy atom. The zero-order valence-electron chi connectivity index (χ0n) is 11.8. The molecule has 2 aliphatic rings. The van der Waals surface area contributed by atoms with Gasteiger partial charge in [-0.2, -0.15) is 0 Å². The molecule has 3 rings (SSSR count). The van der Waals surface area contributed by atoms with Gasteiger partial charge in [-0.25, -0.2) is 0 Å². The maximum absolute atomic E-state index is 12.2. The molecule has 1 fully saturated rings. The molecule has 0 aromatic heterocycles. The van der Waals surface area contributed by atoms with Crippen LogP contribution >= 0.6 is 0 Å². The van der Waals surface area contributed by atoms with Gasteiger partial charge in [-0.05, 0) is 42.5 Å². The van der Waals surface area contributed by atoms with Crippen LogP contribution in [0.1, 0.15) is 37.8 Å². The lowest BCUT2D eigenvalue weighted by atomic mass is 10.1. The summed E-state index contributed by atoms with van der Waals surface area (Å²) in [7, 11) is 0. The predicted molar refractivity (Wildman–Crippen MR) is 77.5 cm³/mol. The molecular weight excluding hydrogens is 236 g/mol. The van der Waals surface area contributed by atoms with E-state index in [0.29, 0.717) is 18.5 Å². The molecule has 1 aromatic rings. The van der Waals surface area contributed by atoms with Crippen LogP contribution in [0.15, 0.2) is 18.2 Å². The Hall–Kier alpha value is -1.35. The number of rotatable bonds is 3. The van der Waals surface area contributed by atoms with Crippen molar-refractivity contribution in [3.63, 3.8) is 0 Å². The van der Waals surface area contributed by atoms with Crippen LogP contribution in [-0.2, 0) is 17.6 Å². The summed E-state index contributed by atoms with van der Waals surface area (Å²) in [5.74, 6) is 0.246. The number of hydrogen-bond acceptors (Lipinski definition) is 2. The molecule has 1 unspecified atom stereocenters. The summed E-state index contributed by atoms with van der Waals surface area (Å²) in [4.78, 5) is 14.1. The van der Waals surface area contributed by atoms with E-state index in [-0.39, 0.29) is 5.91 Å². The molecule has 0 radical (unpaired) electrons. The molecule has 1 aliphatic carbocycles. The average Bonchev–Trinajstić information content (AvgIpc) is 2.93. The van der Waals surface area contributed by atoms with Gasteiger partial charge in [0, 0.05) is 30.7 Å². The zero-order valence-corrected chi connectivity index (χ0v) is 11.8. The molecule has 0 spiro atoms. The van der Waals surface area contributed by atoms with Gasteiger partial charge in [0.1, 0.15) is 0 Å². The summed E-state index contributed by atoms with van der Waals surface area (Å²) in [5, 5.41) is 3.46. The Labute approximate surface area is 115 Å². The van der Waals surface area contributed by atoms with E-state index < -0.39 is 0 Å². The molecule has 3 nitrogen and oxygen atoms in total. The number of nitrogens with one attached hydrogen (secondary N) is 1. The zero-order chi connectivity index (χ0) is 13.4. The standard InChI is InChI=1S/C16H22N2O/c1-11(2)17-14-9-16(19)18(10-14)15-7-6-12-4-3-5-13(12)8-15/h6-8,11,14,17H,3-5,9-10H2,1-2H3. The lowest BCUT2D eigenvalue weighted by Gasteiger charge is -2.19. The monoisotopic (exact) mass is 258 g/mol. The van der Waals surface area contributed by atoms with Gasteiger partial charge in [-0.3, -0.25) is 4.79 Å². The Morgan fingerprint density at radius 2 is 2.05 bits per heavy atom. The second kappa shape index (κ2) is 4.97. The first-order valence-corrected chi connectivity index (χ1v) is 7.31. The van der Waals surface area contributed by atoms with E-state index in [2.05, 4.69) is 37.4 Å². The molecule has 0 bridgehead atoms. The number of carbonyl (C=O) groups is 1. The van der Waals surface area contributed by atoms with Crippen LogP contribution < -0.4 is 10.2 Å². The van der Waals surface area contributed by atoms with Crippen LogP contribution in [0, 0.1) is 0 Å². The van der Waals surface area contributed by atoms with Crippen molar-refractivity contribution < 1.29 is 4.79 Å². The number of benzene rings is 1. The van der Waals surface area contributed by atoms with Crippen molar-refractivity contribution in [3.05, 3.63) is 29.3 Å². The van der Waals surface area contributed by atoms with Gasteiger partial charge in [-0.1, -0.05) is 19.9 Å². The summed E-state index contributed by atoms with van der Waals surface area (Å²) >= 11 is 0. The maximum Gasteiger partial charge on any atom is 0.228 e. The number of aryl methyl sites for hydroxylation is 2. The van der Waals surface area contributed by atoms with Crippen LogP contribution in [-0.4, -0.2) is 24.5 Å². The fraction of sp³-hybridized carbons (Fsp3) is 0.562. The van der Waals surface area contributed by atoms with E-state index in [1.54, 1.807) is 0 Å². The van der Waals surface area contributed by atoms with Crippen LogP contribution in [0.25, 0.3) is 0 Å². The van der Waals surface area contributed by atoms with Gasteiger partial charge in [0.05, 0.1) is 0 Å². The molecule has 1 saturated heterocycles. The van der Waals surface area contributed by atoms with E-state index in [1.807, 2.05) is 4.90 Å². The van der Waals surface area contributed by atoms with Gasteiger partial charge in [0.25, 0.3) is 0 Å². The fourth-order valence-electron chi connectivity index (χ4n) is 3.27. The number of carbonyl (C=O) groups excluding carboxylic acids is 1. The van der Waals surface area contributed by atoms with Crippen LogP contribution in [0.3, 0.4) is 0 Å². The van der Waals surface area contributed by atoms with Crippen LogP contribution in [0.5, 0.6) is 0 Å². The highest BCUT2D eigenvalue weighted by atomic mass is 16.2. The summed E-state index contributed by atoms with van der Waals surface area (Å²) < 4.78 is 0. The number of amides is 1. The van der Waals surface area contributed by atoms with Gasteiger partial charge < -0.3 is 10.2 Å². The third-order valence-electron chi connectivity index (χ3n) is 4.09. The second-order valence-corrected chi connectivity index (χ2v) is 6.03. The predicted octanol–water partition coefficient (Wildman–Crippen LogP) is 2.28. The Bertz CT molecular complexity index is 496. The topological polar surface area (TPSA) is 32.3 Å². The number of anilines is 1. The minimum absolute atomic E-state index is 0.246. The van der Waals surface area contributed by atoms with Crippen molar-refractivity contribution in [2.75, 3.05) is 11.4 Å². The van der Waals surface area contributed by atoms with Crippen molar-refractivity contribution in [1.29, 1.82) is 0 Å². The maximum atomic E-state index is 12.2. The highest BCUT2D eigenvalue weighted by Gasteiger charge is 2.31. The van der Waals surface area contributed by atoms with E-state index >= 15 is 0 Å². The first-order valence-electron chi connectivity index (χ1n) is 7.31.